The van der Waals surface area contributed by atoms with Crippen molar-refractivity contribution in [2.45, 2.75) is 92.2 Å². The molecular formula is C24H34N2O8. The normalized spacial score (nSPS) is 18.1. The van der Waals surface area contributed by atoms with Gasteiger partial charge in [0.15, 0.2) is 0 Å². The molecule has 0 aromatic carbocycles. The van der Waals surface area contributed by atoms with Gasteiger partial charge in [-0.1, -0.05) is 13.3 Å². The molecule has 0 spiro atoms. The van der Waals surface area contributed by atoms with E-state index >= 15 is 0 Å². The summed E-state index contributed by atoms with van der Waals surface area (Å²) >= 11 is 0. The van der Waals surface area contributed by atoms with Crippen molar-refractivity contribution in [1.29, 1.82) is 0 Å². The molecule has 1 unspecified atom stereocenters. The highest BCUT2D eigenvalue weighted by atomic mass is 17.5. The topological polar surface area (TPSA) is 120 Å². The Bertz CT molecular complexity index is 899. The third kappa shape index (κ3) is 5.79. The number of carbonyl (C=O) groups is 5. The first-order valence-electron chi connectivity index (χ1n) is 11.5. The highest BCUT2D eigenvalue weighted by molar-refractivity contribution is 6.20. The summed E-state index contributed by atoms with van der Waals surface area (Å²) in [6.45, 7) is 11.9. The van der Waals surface area contributed by atoms with E-state index in [9.17, 15) is 24.0 Å². The smallest absolute Gasteiger partial charge is 0.275 e. The molecule has 0 aromatic heterocycles. The van der Waals surface area contributed by atoms with Gasteiger partial charge in [-0.3, -0.25) is 33.9 Å². The lowest BCUT2D eigenvalue weighted by atomic mass is 10.0. The van der Waals surface area contributed by atoms with Crippen LogP contribution in [0.15, 0.2) is 22.3 Å². The molecule has 34 heavy (non-hydrogen) atoms. The van der Waals surface area contributed by atoms with Crippen molar-refractivity contribution in [3.05, 3.63) is 22.3 Å². The van der Waals surface area contributed by atoms with Crippen molar-refractivity contribution in [1.82, 2.24) is 9.80 Å². The Morgan fingerprint density at radius 2 is 1.35 bits per heavy atom. The average Bonchev–Trinajstić information content (AvgIpc) is 3.07. The van der Waals surface area contributed by atoms with Crippen molar-refractivity contribution in [3.63, 3.8) is 0 Å². The van der Waals surface area contributed by atoms with Crippen LogP contribution in [-0.4, -0.2) is 57.6 Å². The molecule has 0 aliphatic carbocycles. The fraction of sp³-hybridized carbons (Fsp3) is 0.625. The molecule has 10 heteroatoms. The fourth-order valence-corrected chi connectivity index (χ4v) is 3.88. The minimum Gasteiger partial charge on any atom is -0.275 e. The largest absolute Gasteiger partial charge is 0.368 e. The molecule has 0 N–H and O–H groups in total. The molecule has 1 atom stereocenters. The van der Waals surface area contributed by atoms with Crippen LogP contribution in [0.25, 0.3) is 0 Å². The standard InChI is InChI=1S/C24H34N2O8/c1-8-12-24(6,7)33-34-32-23(31)18(26-21(29)16(4)17(5)22(26)30)11-9-10-13-25-19(27)14(2)15(3)20(25)28/h18H,8-13H2,1-7H3. The van der Waals surface area contributed by atoms with E-state index < -0.39 is 29.4 Å². The predicted molar refractivity (Wildman–Crippen MR) is 120 cm³/mol. The molecule has 2 heterocycles. The summed E-state index contributed by atoms with van der Waals surface area (Å²) in [6.07, 6.45) is 2.27. The second-order valence-electron chi connectivity index (χ2n) is 9.32. The van der Waals surface area contributed by atoms with Gasteiger partial charge in [0.1, 0.15) is 11.6 Å². The predicted octanol–water partition coefficient (Wildman–Crippen LogP) is 2.92. The Morgan fingerprint density at radius 3 is 1.85 bits per heavy atom. The van der Waals surface area contributed by atoms with Gasteiger partial charge in [-0.2, -0.15) is 4.89 Å². The first-order chi connectivity index (χ1) is 15.8. The number of imide groups is 2. The van der Waals surface area contributed by atoms with Crippen LogP contribution in [0.5, 0.6) is 0 Å². The van der Waals surface area contributed by atoms with Gasteiger partial charge in [-0.15, -0.1) is 0 Å². The fourth-order valence-electron chi connectivity index (χ4n) is 3.88. The van der Waals surface area contributed by atoms with Gasteiger partial charge in [-0.25, -0.2) is 4.79 Å². The SMILES string of the molecule is CCCC(C)(C)OOOC(=O)C(CCCCN1C(=O)C(C)=C(C)C1=O)N1C(=O)C(C)=C(C)C1=O. The number of carbonyl (C=O) groups excluding carboxylic acids is 5. The van der Waals surface area contributed by atoms with Crippen LogP contribution in [0.4, 0.5) is 0 Å². The van der Waals surface area contributed by atoms with E-state index in [-0.39, 0.29) is 35.9 Å². The molecule has 2 aliphatic heterocycles. The summed E-state index contributed by atoms with van der Waals surface area (Å²) in [6, 6.07) is -1.24. The van der Waals surface area contributed by atoms with Crippen molar-refractivity contribution in [2.24, 2.45) is 0 Å². The molecule has 0 fully saturated rings. The Hall–Kier alpha value is -2.85. The van der Waals surface area contributed by atoms with E-state index in [4.69, 9.17) is 14.8 Å². The molecular weight excluding hydrogens is 444 g/mol. The van der Waals surface area contributed by atoms with E-state index in [2.05, 4.69) is 0 Å². The highest BCUT2D eigenvalue weighted by Crippen LogP contribution is 2.26. The van der Waals surface area contributed by atoms with E-state index in [1.54, 1.807) is 27.7 Å². The number of hydrogen-bond donors (Lipinski definition) is 0. The van der Waals surface area contributed by atoms with E-state index in [1.807, 2.05) is 6.92 Å². The third-order valence-corrected chi connectivity index (χ3v) is 6.26. The van der Waals surface area contributed by atoms with Crippen molar-refractivity contribution in [2.75, 3.05) is 6.54 Å². The van der Waals surface area contributed by atoms with Crippen molar-refractivity contribution < 1.29 is 38.8 Å². The highest BCUT2D eigenvalue weighted by Gasteiger charge is 2.43. The zero-order chi connectivity index (χ0) is 25.8. The van der Waals surface area contributed by atoms with Gasteiger partial charge >= 0.3 is 5.97 Å². The van der Waals surface area contributed by atoms with Crippen LogP contribution in [0.3, 0.4) is 0 Å². The number of rotatable bonds is 12. The summed E-state index contributed by atoms with van der Waals surface area (Å²) < 4.78 is 0. The first kappa shape index (κ1) is 27.4. The molecule has 0 saturated carbocycles. The summed E-state index contributed by atoms with van der Waals surface area (Å²) in [5.41, 5.74) is 0.654. The summed E-state index contributed by atoms with van der Waals surface area (Å²) in [4.78, 5) is 74.5. The van der Waals surface area contributed by atoms with Crippen LogP contribution >= 0.6 is 0 Å². The van der Waals surface area contributed by atoms with Crippen LogP contribution < -0.4 is 0 Å². The molecule has 10 nitrogen and oxygen atoms in total. The number of hydrogen-bond acceptors (Lipinski definition) is 8. The molecule has 0 bridgehead atoms. The van der Waals surface area contributed by atoms with Gasteiger partial charge in [0.2, 0.25) is 0 Å². The van der Waals surface area contributed by atoms with E-state index in [1.165, 1.54) is 13.8 Å². The molecule has 4 amide bonds. The monoisotopic (exact) mass is 478 g/mol. The Labute approximate surface area is 199 Å². The summed E-state index contributed by atoms with van der Waals surface area (Å²) in [5.74, 6) is -2.76. The van der Waals surface area contributed by atoms with Crippen molar-refractivity contribution in [3.8, 4) is 0 Å². The molecule has 0 radical (unpaired) electrons. The van der Waals surface area contributed by atoms with Crippen LogP contribution in [0.2, 0.25) is 0 Å². The van der Waals surface area contributed by atoms with E-state index in [0.717, 1.165) is 16.2 Å². The summed E-state index contributed by atoms with van der Waals surface area (Å²) in [5, 5.41) is 4.70. The quantitative estimate of drug-likeness (QED) is 0.182. The lowest BCUT2D eigenvalue weighted by Crippen LogP contribution is -2.46. The lowest BCUT2D eigenvalue weighted by molar-refractivity contribution is -0.517. The minimum absolute atomic E-state index is 0.0696. The van der Waals surface area contributed by atoms with Crippen LogP contribution in [-0.2, 0) is 38.8 Å². The third-order valence-electron chi connectivity index (χ3n) is 6.26. The lowest BCUT2D eigenvalue weighted by Gasteiger charge is -2.26. The summed E-state index contributed by atoms with van der Waals surface area (Å²) in [7, 11) is 0. The van der Waals surface area contributed by atoms with Crippen LogP contribution in [0.1, 0.15) is 80.6 Å². The number of unbranched alkanes of at least 4 members (excludes halogenated alkanes) is 1. The number of amides is 4. The van der Waals surface area contributed by atoms with Gasteiger partial charge in [0.05, 0.1) is 0 Å². The Kier molecular flexibility index (Phi) is 8.90. The second-order valence-corrected chi connectivity index (χ2v) is 9.32. The average molecular weight is 479 g/mol. The molecule has 2 rings (SSSR count). The number of nitrogens with zero attached hydrogens (tertiary/aromatic N) is 2. The maximum atomic E-state index is 12.8. The van der Waals surface area contributed by atoms with Crippen LogP contribution in [0, 0.1) is 0 Å². The van der Waals surface area contributed by atoms with Crippen molar-refractivity contribution >= 4 is 29.6 Å². The molecule has 188 valence electrons. The minimum atomic E-state index is -1.24. The van der Waals surface area contributed by atoms with E-state index in [0.29, 0.717) is 30.4 Å². The second kappa shape index (κ2) is 11.1. The zero-order valence-electron chi connectivity index (χ0n) is 21.0. The molecule has 2 aliphatic rings. The maximum absolute atomic E-state index is 12.8. The molecule has 0 saturated heterocycles. The van der Waals surface area contributed by atoms with Gasteiger partial charge in [-0.05, 0) is 72.3 Å². The Morgan fingerprint density at radius 1 is 0.853 bits per heavy atom. The molecule has 0 aromatic rings. The zero-order valence-corrected chi connectivity index (χ0v) is 21.0. The van der Waals surface area contributed by atoms with Gasteiger partial charge < -0.3 is 0 Å². The van der Waals surface area contributed by atoms with Gasteiger partial charge in [0.25, 0.3) is 23.6 Å². The Balaban J connectivity index is 2.03. The maximum Gasteiger partial charge on any atom is 0.368 e. The van der Waals surface area contributed by atoms with Gasteiger partial charge in [0, 0.05) is 28.8 Å². The first-order valence-corrected chi connectivity index (χ1v) is 11.5.